The number of pyridine rings is 1. The molecule has 5 heteroatoms. The van der Waals surface area contributed by atoms with Crippen molar-refractivity contribution in [2.24, 2.45) is 0 Å². The second-order valence-electron chi connectivity index (χ2n) is 6.42. The van der Waals surface area contributed by atoms with Gasteiger partial charge in [-0.25, -0.2) is 4.98 Å². The van der Waals surface area contributed by atoms with Crippen LogP contribution >= 0.6 is 0 Å². The summed E-state index contributed by atoms with van der Waals surface area (Å²) in [7, 11) is 0. The monoisotopic (exact) mass is 359 g/mol. The second kappa shape index (κ2) is 8.07. The SMILES string of the molecule is O=C(c1cn(CCC#Cc2ccccn2)c2ccccc12)N1CCOCC1. The number of amides is 1. The molecule has 1 aromatic carbocycles. The Balaban J connectivity index is 1.55. The number of carbonyl (C=O) groups is 1. The molecule has 0 atom stereocenters. The summed E-state index contributed by atoms with van der Waals surface area (Å²) in [5.74, 6) is 6.33. The van der Waals surface area contributed by atoms with Crippen LogP contribution in [-0.2, 0) is 11.3 Å². The Morgan fingerprint density at radius 1 is 1.11 bits per heavy atom. The molecule has 0 saturated carbocycles. The molecule has 27 heavy (non-hydrogen) atoms. The van der Waals surface area contributed by atoms with E-state index in [1.165, 1.54) is 0 Å². The maximum Gasteiger partial charge on any atom is 0.256 e. The van der Waals surface area contributed by atoms with Gasteiger partial charge in [0.15, 0.2) is 0 Å². The summed E-state index contributed by atoms with van der Waals surface area (Å²) in [6.07, 6.45) is 4.40. The van der Waals surface area contributed by atoms with Gasteiger partial charge in [-0.1, -0.05) is 30.2 Å². The van der Waals surface area contributed by atoms with Crippen LogP contribution in [0.15, 0.2) is 54.9 Å². The van der Waals surface area contributed by atoms with Gasteiger partial charge in [0.2, 0.25) is 0 Å². The number of hydrogen-bond donors (Lipinski definition) is 0. The van der Waals surface area contributed by atoms with Crippen molar-refractivity contribution in [3.8, 4) is 11.8 Å². The lowest BCUT2D eigenvalue weighted by molar-refractivity contribution is 0.0304. The van der Waals surface area contributed by atoms with Gasteiger partial charge in [0.25, 0.3) is 5.91 Å². The molecule has 1 amide bonds. The number of para-hydroxylation sites is 1. The molecular formula is C22H21N3O2. The molecule has 0 bridgehead atoms. The van der Waals surface area contributed by atoms with Gasteiger partial charge in [-0.2, -0.15) is 0 Å². The molecule has 1 aliphatic rings. The van der Waals surface area contributed by atoms with Crippen LogP contribution in [0.25, 0.3) is 10.9 Å². The number of benzene rings is 1. The van der Waals surface area contributed by atoms with E-state index in [1.807, 2.05) is 47.5 Å². The van der Waals surface area contributed by atoms with E-state index in [4.69, 9.17) is 4.74 Å². The Morgan fingerprint density at radius 3 is 2.74 bits per heavy atom. The van der Waals surface area contributed by atoms with Crippen LogP contribution in [0.5, 0.6) is 0 Å². The Labute approximate surface area is 158 Å². The fourth-order valence-electron chi connectivity index (χ4n) is 3.31. The zero-order valence-electron chi connectivity index (χ0n) is 15.1. The maximum absolute atomic E-state index is 13.0. The molecule has 0 radical (unpaired) electrons. The zero-order valence-corrected chi connectivity index (χ0v) is 15.1. The van der Waals surface area contributed by atoms with Crippen molar-refractivity contribution in [1.29, 1.82) is 0 Å². The number of morpholine rings is 1. The molecule has 1 aliphatic heterocycles. The van der Waals surface area contributed by atoms with Gasteiger partial charge in [-0.05, 0) is 24.1 Å². The number of rotatable bonds is 3. The number of hydrogen-bond acceptors (Lipinski definition) is 3. The van der Waals surface area contributed by atoms with Crippen LogP contribution < -0.4 is 0 Å². The summed E-state index contributed by atoms with van der Waals surface area (Å²) >= 11 is 0. The summed E-state index contributed by atoms with van der Waals surface area (Å²) in [4.78, 5) is 19.0. The molecule has 2 aromatic heterocycles. The van der Waals surface area contributed by atoms with E-state index in [1.54, 1.807) is 6.20 Å². The number of aryl methyl sites for hydroxylation is 1. The summed E-state index contributed by atoms with van der Waals surface area (Å²) < 4.78 is 7.48. The van der Waals surface area contributed by atoms with Crippen molar-refractivity contribution in [3.05, 3.63) is 66.1 Å². The number of fused-ring (bicyclic) bond motifs is 1. The molecule has 0 aliphatic carbocycles. The number of carbonyl (C=O) groups excluding carboxylic acids is 1. The quantitative estimate of drug-likeness (QED) is 0.676. The average Bonchev–Trinajstić information content (AvgIpc) is 3.11. The highest BCUT2D eigenvalue weighted by Crippen LogP contribution is 2.23. The van der Waals surface area contributed by atoms with E-state index in [2.05, 4.69) is 27.5 Å². The highest BCUT2D eigenvalue weighted by atomic mass is 16.5. The molecule has 0 unspecified atom stereocenters. The lowest BCUT2D eigenvalue weighted by atomic mass is 10.1. The average molecular weight is 359 g/mol. The van der Waals surface area contributed by atoms with E-state index < -0.39 is 0 Å². The third kappa shape index (κ3) is 3.86. The van der Waals surface area contributed by atoms with Crippen molar-refractivity contribution in [2.75, 3.05) is 26.3 Å². The fraction of sp³-hybridized carbons (Fsp3) is 0.273. The van der Waals surface area contributed by atoms with Crippen LogP contribution in [0.1, 0.15) is 22.5 Å². The Hall–Kier alpha value is -3.10. The zero-order chi connectivity index (χ0) is 18.5. The van der Waals surface area contributed by atoms with Crippen LogP contribution in [0, 0.1) is 11.8 Å². The van der Waals surface area contributed by atoms with E-state index in [-0.39, 0.29) is 5.91 Å². The summed E-state index contributed by atoms with van der Waals surface area (Å²) in [6, 6.07) is 13.8. The van der Waals surface area contributed by atoms with Gasteiger partial charge < -0.3 is 14.2 Å². The minimum absolute atomic E-state index is 0.0767. The van der Waals surface area contributed by atoms with Crippen molar-refractivity contribution < 1.29 is 9.53 Å². The highest BCUT2D eigenvalue weighted by Gasteiger charge is 2.22. The van der Waals surface area contributed by atoms with Crippen LogP contribution in [0.2, 0.25) is 0 Å². The minimum Gasteiger partial charge on any atom is -0.378 e. The van der Waals surface area contributed by atoms with Gasteiger partial charge in [0.05, 0.1) is 18.8 Å². The van der Waals surface area contributed by atoms with Gasteiger partial charge in [0, 0.05) is 49.4 Å². The van der Waals surface area contributed by atoms with E-state index in [9.17, 15) is 4.79 Å². The molecule has 0 N–H and O–H groups in total. The van der Waals surface area contributed by atoms with Crippen LogP contribution in [0.4, 0.5) is 0 Å². The Kier molecular flexibility index (Phi) is 5.17. The molecule has 1 saturated heterocycles. The first-order chi connectivity index (χ1) is 13.3. The molecule has 1 fully saturated rings. The van der Waals surface area contributed by atoms with Crippen molar-refractivity contribution in [3.63, 3.8) is 0 Å². The topological polar surface area (TPSA) is 47.4 Å². The molecule has 5 nitrogen and oxygen atoms in total. The predicted octanol–water partition coefficient (Wildman–Crippen LogP) is 2.95. The summed E-state index contributed by atoms with van der Waals surface area (Å²) in [5.41, 5.74) is 2.59. The summed E-state index contributed by atoms with van der Waals surface area (Å²) in [6.45, 7) is 3.24. The number of nitrogens with zero attached hydrogens (tertiary/aromatic N) is 3. The first-order valence-corrected chi connectivity index (χ1v) is 9.18. The lowest BCUT2D eigenvalue weighted by Crippen LogP contribution is -2.40. The number of aromatic nitrogens is 2. The van der Waals surface area contributed by atoms with Crippen molar-refractivity contribution in [2.45, 2.75) is 13.0 Å². The molecule has 136 valence electrons. The first-order valence-electron chi connectivity index (χ1n) is 9.18. The molecule has 4 rings (SSSR count). The largest absolute Gasteiger partial charge is 0.378 e. The molecule has 3 heterocycles. The fourth-order valence-corrected chi connectivity index (χ4v) is 3.31. The summed E-state index contributed by atoms with van der Waals surface area (Å²) in [5, 5.41) is 0.992. The van der Waals surface area contributed by atoms with E-state index in [0.717, 1.165) is 28.7 Å². The maximum atomic E-state index is 13.0. The molecule has 0 spiro atoms. The van der Waals surface area contributed by atoms with Crippen LogP contribution in [-0.4, -0.2) is 46.7 Å². The van der Waals surface area contributed by atoms with Gasteiger partial charge in [-0.15, -0.1) is 0 Å². The highest BCUT2D eigenvalue weighted by molar-refractivity contribution is 6.07. The second-order valence-corrected chi connectivity index (χ2v) is 6.42. The van der Waals surface area contributed by atoms with Crippen LogP contribution in [0.3, 0.4) is 0 Å². The Morgan fingerprint density at radius 2 is 1.93 bits per heavy atom. The van der Waals surface area contributed by atoms with Crippen molar-refractivity contribution >= 4 is 16.8 Å². The normalized spacial score (nSPS) is 14.0. The lowest BCUT2D eigenvalue weighted by Gasteiger charge is -2.26. The van der Waals surface area contributed by atoms with Gasteiger partial charge in [0.1, 0.15) is 5.69 Å². The van der Waals surface area contributed by atoms with E-state index >= 15 is 0 Å². The molecular weight excluding hydrogens is 338 g/mol. The number of ether oxygens (including phenoxy) is 1. The standard InChI is InChI=1S/C22H21N3O2/c26-22(24-13-15-27-16-14-24)20-17-25(21-10-2-1-9-19(20)21)12-6-4-8-18-7-3-5-11-23-18/h1-3,5,7,9-11,17H,6,12-16H2. The third-order valence-corrected chi connectivity index (χ3v) is 4.68. The predicted molar refractivity (Wildman–Crippen MR) is 104 cm³/mol. The Bertz CT molecular complexity index is 993. The van der Waals surface area contributed by atoms with Crippen molar-refractivity contribution in [1.82, 2.24) is 14.5 Å². The van der Waals surface area contributed by atoms with Gasteiger partial charge >= 0.3 is 0 Å². The van der Waals surface area contributed by atoms with Gasteiger partial charge in [-0.3, -0.25) is 4.79 Å². The third-order valence-electron chi connectivity index (χ3n) is 4.68. The first kappa shape index (κ1) is 17.3. The minimum atomic E-state index is 0.0767. The van der Waals surface area contributed by atoms with E-state index in [0.29, 0.717) is 32.7 Å². The smallest absolute Gasteiger partial charge is 0.256 e. The molecule has 3 aromatic rings.